The molecule has 4 heterocycles. The molecule has 10 rings (SSSR count). The van der Waals surface area contributed by atoms with Crippen molar-refractivity contribution in [3.8, 4) is 28.8 Å². The lowest BCUT2D eigenvalue weighted by molar-refractivity contribution is 0.292. The molecule has 66 heavy (non-hydrogen) atoms. The van der Waals surface area contributed by atoms with E-state index in [1.165, 1.54) is 33.4 Å². The van der Waals surface area contributed by atoms with Crippen molar-refractivity contribution < 1.29 is 36.0 Å². The Labute approximate surface area is 398 Å². The van der Waals surface area contributed by atoms with Gasteiger partial charge in [0.25, 0.3) is 20.0 Å². The van der Waals surface area contributed by atoms with Crippen LogP contribution < -0.4 is 25.6 Å². The third-order valence-corrected chi connectivity index (χ3v) is 14.7. The second-order valence-corrected chi connectivity index (χ2v) is 19.6. The lowest BCUT2D eigenvalue weighted by Gasteiger charge is -2.12. The third-order valence-electron chi connectivity index (χ3n) is 10.1. The molecule has 2 aliphatic carbocycles. The molecule has 4 aromatic heterocycles. The van der Waals surface area contributed by atoms with Gasteiger partial charge in [-0.1, -0.05) is 48.5 Å². The first-order chi connectivity index (χ1) is 30.9. The summed E-state index contributed by atoms with van der Waals surface area (Å²) in [6, 6.07) is 33.9. The van der Waals surface area contributed by atoms with Crippen LogP contribution in [0.3, 0.4) is 0 Å². The third kappa shape index (κ3) is 11.2. The number of fused-ring (bicyclic) bond motifs is 2. The van der Waals surface area contributed by atoms with Crippen molar-refractivity contribution >= 4 is 83.8 Å². The van der Waals surface area contributed by atoms with Gasteiger partial charge in [-0.05, 0) is 138 Å². The van der Waals surface area contributed by atoms with Crippen molar-refractivity contribution in [3.05, 3.63) is 153 Å². The topological polar surface area (TPSA) is 230 Å². The summed E-state index contributed by atoms with van der Waals surface area (Å²) in [4.78, 5) is 17.3. The van der Waals surface area contributed by atoms with Crippen LogP contribution in [0, 0.1) is 30.4 Å². The summed E-state index contributed by atoms with van der Waals surface area (Å²) in [7, 11) is -7.00. The maximum Gasteiger partial charge on any atom is 0.569 e. The van der Waals surface area contributed by atoms with E-state index in [-0.39, 0.29) is 30.3 Å². The minimum atomic E-state index is -3.91. The van der Waals surface area contributed by atoms with Crippen LogP contribution in [0.15, 0.2) is 144 Å². The van der Waals surface area contributed by atoms with E-state index >= 15 is 0 Å². The Kier molecular flexibility index (Phi) is 15.9. The van der Waals surface area contributed by atoms with Gasteiger partial charge < -0.3 is 45.5 Å². The first-order valence-electron chi connectivity index (χ1n) is 20.0. The molecule has 5 N–H and O–H groups in total. The average molecular weight is 1040 g/mol. The maximum atomic E-state index is 13.6. The second-order valence-electron chi connectivity index (χ2n) is 14.9. The van der Waals surface area contributed by atoms with Crippen molar-refractivity contribution in [1.82, 2.24) is 27.9 Å². The smallest absolute Gasteiger partial charge is 0.537 e. The number of anilines is 2. The fraction of sp³-hybridized carbons (Fsp3) is 0.174. The Bertz CT molecular complexity index is 3100. The molecule has 2 aliphatic rings. The summed E-state index contributed by atoms with van der Waals surface area (Å²) in [5.41, 5.74) is 14.3. The lowest BCUT2D eigenvalue weighted by Crippen LogP contribution is -2.15. The molecular formula is C46H47BIN8O8S2-2. The fourth-order valence-corrected chi connectivity index (χ4v) is 10.6. The minimum Gasteiger partial charge on any atom is -0.537 e. The molecular weight excluding hydrogens is 994 g/mol. The zero-order valence-corrected chi connectivity index (χ0v) is 39.8. The molecule has 0 spiro atoms. The Balaban J connectivity index is 0.000000179. The zero-order chi connectivity index (χ0) is 44.8. The lowest BCUT2D eigenvalue weighted by atomic mass is 10.1. The van der Waals surface area contributed by atoms with E-state index in [0.29, 0.717) is 93.0 Å². The number of aromatic nitrogens is 6. The van der Waals surface area contributed by atoms with Crippen molar-refractivity contribution in [2.45, 2.75) is 35.5 Å². The van der Waals surface area contributed by atoms with Crippen LogP contribution >= 0.6 is 22.6 Å². The van der Waals surface area contributed by atoms with E-state index in [2.05, 4.69) is 24.6 Å². The number of halogens is 1. The van der Waals surface area contributed by atoms with Crippen molar-refractivity contribution in [3.63, 3.8) is 0 Å². The monoisotopic (exact) mass is 1040 g/mol. The van der Waals surface area contributed by atoms with Gasteiger partial charge in [-0.15, -0.1) is 0 Å². The molecule has 2 saturated carbocycles. The number of hydrogen-bond donors (Lipinski definition) is 3. The van der Waals surface area contributed by atoms with Crippen LogP contribution in [-0.4, -0.2) is 70.6 Å². The average Bonchev–Trinajstić information content (AvgIpc) is 4.24. The number of benzene rings is 4. The predicted octanol–water partition coefficient (Wildman–Crippen LogP) is 7.84. The van der Waals surface area contributed by atoms with Gasteiger partial charge in [0.05, 0.1) is 43.2 Å². The van der Waals surface area contributed by atoms with E-state index in [0.717, 1.165) is 12.8 Å². The first kappa shape index (κ1) is 49.2. The number of nitrogens with two attached hydrogens (primary N) is 2. The van der Waals surface area contributed by atoms with E-state index in [1.54, 1.807) is 121 Å². The van der Waals surface area contributed by atoms with Gasteiger partial charge in [-0.2, -0.15) is 0 Å². The number of ether oxygens (including phenoxy) is 2. The highest BCUT2D eigenvalue weighted by atomic mass is 127. The molecule has 4 aromatic carbocycles. The first-order valence-corrected chi connectivity index (χ1v) is 24.0. The van der Waals surface area contributed by atoms with Crippen LogP contribution in [0.5, 0.6) is 17.5 Å². The normalized spacial score (nSPS) is 13.2. The molecule has 16 nitrogen and oxygen atoms in total. The number of hydrogen-bond acceptors (Lipinski definition) is 14. The fourth-order valence-electron chi connectivity index (χ4n) is 6.43. The quantitative estimate of drug-likeness (QED) is 0.0433. The molecule has 343 valence electrons. The van der Waals surface area contributed by atoms with Gasteiger partial charge >= 0.3 is 7.69 Å². The molecule has 2 fully saturated rings. The van der Waals surface area contributed by atoms with Crippen LogP contribution in [-0.2, 0) is 20.0 Å². The van der Waals surface area contributed by atoms with Crippen molar-refractivity contribution in [1.29, 1.82) is 0 Å². The largest absolute Gasteiger partial charge is 0.569 e. The van der Waals surface area contributed by atoms with Crippen LogP contribution in [0.2, 0.25) is 0 Å². The molecule has 1 radical (unpaired) electrons. The van der Waals surface area contributed by atoms with Crippen LogP contribution in [0.4, 0.5) is 11.4 Å². The molecule has 0 amide bonds. The molecule has 8 aromatic rings. The van der Waals surface area contributed by atoms with Crippen LogP contribution in [0.25, 0.3) is 33.3 Å². The van der Waals surface area contributed by atoms with Crippen molar-refractivity contribution in [2.75, 3.05) is 24.7 Å². The van der Waals surface area contributed by atoms with E-state index < -0.39 is 20.0 Å². The van der Waals surface area contributed by atoms with Crippen LogP contribution in [0.1, 0.15) is 25.7 Å². The molecule has 0 unspecified atom stereocenters. The number of rotatable bonds is 13. The summed E-state index contributed by atoms with van der Waals surface area (Å²) in [5, 5.41) is 9.38. The number of nitrogens with zero attached hydrogens (tertiary/aromatic N) is 6. The summed E-state index contributed by atoms with van der Waals surface area (Å²) in [5.74, 6) is 2.53. The minimum absolute atomic E-state index is 0. The van der Waals surface area contributed by atoms with Crippen molar-refractivity contribution in [2.24, 2.45) is 11.8 Å². The standard InChI is InChI=1S/C22H20N4O3S.C16H14IN3O3S.C6H7BNO2.2CH3/c23-17-10-8-16(9-11-17)20-12-19-21(24-14-25-22(19)29-13-15-6-7-15)26(20)30(27,28)18-4-2-1-3-5-18;17-14-8-13-15(18-10-19-16(13)23-9-11-6-7-11)20(14)24(21,22)12-4-2-1-3-5-12;8-5-1-3-6(4-2-5)10-7-9;;/h1-5,8-12,14-15H,6-7,13,23H2;1-5,8,10-11H,6-7,9H2;1-4,9H,8H2;2*1H3/q;;;2*-1. The van der Waals surface area contributed by atoms with Gasteiger partial charge in [0.1, 0.15) is 18.4 Å². The highest BCUT2D eigenvalue weighted by molar-refractivity contribution is 14.1. The van der Waals surface area contributed by atoms with Gasteiger partial charge in [-0.25, -0.2) is 44.7 Å². The van der Waals surface area contributed by atoms with Gasteiger partial charge in [0.2, 0.25) is 11.8 Å². The Morgan fingerprint density at radius 3 is 1.53 bits per heavy atom. The summed E-state index contributed by atoms with van der Waals surface area (Å²) >= 11 is 2.00. The molecule has 0 bridgehead atoms. The zero-order valence-electron chi connectivity index (χ0n) is 36.0. The van der Waals surface area contributed by atoms with Gasteiger partial charge in [-0.3, -0.25) is 0 Å². The predicted molar refractivity (Wildman–Crippen MR) is 264 cm³/mol. The van der Waals surface area contributed by atoms with E-state index in [1.807, 2.05) is 22.6 Å². The van der Waals surface area contributed by atoms with E-state index in [4.69, 9.17) is 26.0 Å². The summed E-state index contributed by atoms with van der Waals surface area (Å²) in [6.07, 6.45) is 7.33. The van der Waals surface area contributed by atoms with E-state index in [9.17, 15) is 16.8 Å². The summed E-state index contributed by atoms with van der Waals surface area (Å²) in [6.45, 7) is 1.18. The Morgan fingerprint density at radius 1 is 0.621 bits per heavy atom. The summed E-state index contributed by atoms with van der Waals surface area (Å²) < 4.78 is 72.5. The number of nitrogen functional groups attached to an aromatic ring is 2. The Hall–Kier alpha value is -6.23. The SMILES string of the molecule is Nc1ccc(-c2cc3c(OCC4CC4)ncnc3n2S(=O)(=O)c2ccccc2)cc1.Nc1ccc(O[B]O)cc1.O=S(=O)(c1ccccc1)n1c(I)cc2c(OCC3CC3)ncnc21.[CH3-].[CH3-]. The molecule has 20 heteroatoms. The molecule has 0 atom stereocenters. The highest BCUT2D eigenvalue weighted by Crippen LogP contribution is 2.37. The second kappa shape index (κ2) is 21.4. The Morgan fingerprint density at radius 2 is 1.06 bits per heavy atom. The molecule has 0 saturated heterocycles. The maximum absolute atomic E-state index is 13.6. The van der Waals surface area contributed by atoms with Gasteiger partial charge in [0, 0.05) is 11.4 Å². The highest BCUT2D eigenvalue weighted by Gasteiger charge is 2.29. The van der Waals surface area contributed by atoms with Gasteiger partial charge in [0.15, 0.2) is 11.3 Å². The molecule has 0 aliphatic heterocycles.